The van der Waals surface area contributed by atoms with Gasteiger partial charge >= 0.3 is 0 Å². The quantitative estimate of drug-likeness (QED) is 0.558. The van der Waals surface area contributed by atoms with Crippen molar-refractivity contribution in [3.8, 4) is 0 Å². The van der Waals surface area contributed by atoms with E-state index in [0.717, 1.165) is 22.4 Å². The van der Waals surface area contributed by atoms with E-state index in [1.165, 1.54) is 0 Å². The van der Waals surface area contributed by atoms with E-state index in [2.05, 4.69) is 15.3 Å². The number of nitrogens with one attached hydrogen (secondary N) is 1. The van der Waals surface area contributed by atoms with Gasteiger partial charge in [0.15, 0.2) is 5.65 Å². The number of hydrogen-bond acceptors (Lipinski definition) is 2. The fourth-order valence-electron chi connectivity index (χ4n) is 1.54. The van der Waals surface area contributed by atoms with Gasteiger partial charge in [-0.3, -0.25) is 0 Å². The normalized spacial score (nSPS) is 11.5. The Bertz CT molecular complexity index is 575. The molecular weight excluding hydrogens is 164 g/mol. The van der Waals surface area contributed by atoms with Crippen molar-refractivity contribution in [2.75, 3.05) is 0 Å². The van der Waals surface area contributed by atoms with Gasteiger partial charge in [-0.2, -0.15) is 5.10 Å². The van der Waals surface area contributed by atoms with Gasteiger partial charge < -0.3 is 0 Å². The van der Waals surface area contributed by atoms with E-state index in [1.54, 1.807) is 0 Å². The minimum Gasteiger partial charge on any atom is -0.225 e. The molecule has 13 heavy (non-hydrogen) atoms. The molecule has 0 amide bonds. The van der Waals surface area contributed by atoms with Crippen molar-refractivity contribution in [3.63, 3.8) is 0 Å². The third-order valence-corrected chi connectivity index (χ3v) is 2.20. The molecule has 1 N–H and O–H groups in total. The molecule has 0 unspecified atom stereocenters. The van der Waals surface area contributed by atoms with Crippen molar-refractivity contribution < 1.29 is 0 Å². The molecule has 1 aromatic carbocycles. The first-order valence-corrected chi connectivity index (χ1v) is 4.14. The molecule has 0 radical (unpaired) electrons. The van der Waals surface area contributed by atoms with E-state index in [-0.39, 0.29) is 0 Å². The van der Waals surface area contributed by atoms with Gasteiger partial charge in [-0.25, -0.2) is 14.7 Å². The number of rotatable bonds is 0. The second-order valence-corrected chi connectivity index (χ2v) is 3.06. The van der Waals surface area contributed by atoms with E-state index < -0.39 is 0 Å². The Kier molecular flexibility index (Phi) is 1.07. The highest BCUT2D eigenvalue weighted by Gasteiger charge is 2.07. The Morgan fingerprint density at radius 3 is 3.08 bits per heavy atom. The molecule has 0 saturated heterocycles. The second-order valence-electron chi connectivity index (χ2n) is 3.06. The molecule has 0 saturated carbocycles. The topological polar surface area (TPSA) is 46.0 Å². The molecule has 0 aliphatic carbocycles. The van der Waals surface area contributed by atoms with Crippen LogP contribution in [0.1, 0.15) is 5.69 Å². The molecule has 4 heteroatoms. The third-order valence-electron chi connectivity index (χ3n) is 2.20. The first kappa shape index (κ1) is 6.65. The van der Waals surface area contributed by atoms with Crippen molar-refractivity contribution >= 4 is 16.7 Å². The van der Waals surface area contributed by atoms with Crippen LogP contribution in [-0.2, 0) is 0 Å². The summed E-state index contributed by atoms with van der Waals surface area (Å²) in [6.07, 6.45) is 0. The maximum Gasteiger partial charge on any atom is 0.177 e. The Labute approximate surface area is 74.2 Å². The van der Waals surface area contributed by atoms with Crippen LogP contribution in [0.4, 0.5) is 0 Å². The van der Waals surface area contributed by atoms with Gasteiger partial charge in [0, 0.05) is 0 Å². The molecule has 0 spiro atoms. The van der Waals surface area contributed by atoms with E-state index >= 15 is 0 Å². The lowest BCUT2D eigenvalue weighted by Gasteiger charge is -1.86. The molecule has 0 bridgehead atoms. The average molecular weight is 172 g/mol. The molecule has 3 rings (SSSR count). The third kappa shape index (κ3) is 0.744. The summed E-state index contributed by atoms with van der Waals surface area (Å²) < 4.78 is 1.89. The number of para-hydroxylation sites is 2. The van der Waals surface area contributed by atoms with Crippen LogP contribution in [0.15, 0.2) is 24.3 Å². The highest BCUT2D eigenvalue weighted by molar-refractivity contribution is 5.80. The minimum atomic E-state index is 0.904. The summed E-state index contributed by atoms with van der Waals surface area (Å²) in [6, 6.07) is 7.99. The van der Waals surface area contributed by atoms with E-state index in [1.807, 2.05) is 35.7 Å². The lowest BCUT2D eigenvalue weighted by Crippen LogP contribution is -1.82. The van der Waals surface area contributed by atoms with E-state index in [4.69, 9.17) is 0 Å². The Balaban J connectivity index is 2.64. The number of H-pyrrole nitrogens is 1. The van der Waals surface area contributed by atoms with Crippen molar-refractivity contribution in [2.24, 2.45) is 0 Å². The predicted molar refractivity (Wildman–Crippen MR) is 49.6 cm³/mol. The van der Waals surface area contributed by atoms with Crippen LogP contribution in [0.3, 0.4) is 0 Å². The molecule has 3 aromatic rings. The molecule has 0 aliphatic rings. The molecule has 2 heterocycles. The number of hydrogen-bond donors (Lipinski definition) is 1. The molecule has 64 valence electrons. The molecule has 4 nitrogen and oxygen atoms in total. The van der Waals surface area contributed by atoms with Gasteiger partial charge in [0.1, 0.15) is 5.69 Å². The highest BCUT2D eigenvalue weighted by Crippen LogP contribution is 2.15. The van der Waals surface area contributed by atoms with Crippen molar-refractivity contribution in [1.82, 2.24) is 19.8 Å². The summed E-state index contributed by atoms with van der Waals surface area (Å²) in [4.78, 5) is 4.44. The van der Waals surface area contributed by atoms with Gasteiger partial charge in [0.05, 0.1) is 11.0 Å². The van der Waals surface area contributed by atoms with Gasteiger partial charge in [-0.1, -0.05) is 12.1 Å². The summed E-state index contributed by atoms with van der Waals surface area (Å²) >= 11 is 0. The summed E-state index contributed by atoms with van der Waals surface area (Å²) in [5, 5.41) is 7.00. The van der Waals surface area contributed by atoms with Gasteiger partial charge in [0.25, 0.3) is 0 Å². The molecule has 0 fully saturated rings. The van der Waals surface area contributed by atoms with Gasteiger partial charge in [0.2, 0.25) is 0 Å². The van der Waals surface area contributed by atoms with Crippen LogP contribution in [0.25, 0.3) is 16.7 Å². The zero-order valence-corrected chi connectivity index (χ0v) is 7.15. The molecule has 2 aromatic heterocycles. The monoisotopic (exact) mass is 172 g/mol. The first-order chi connectivity index (χ1) is 6.36. The molecular formula is C9H8N4. The van der Waals surface area contributed by atoms with Crippen molar-refractivity contribution in [2.45, 2.75) is 6.92 Å². The largest absolute Gasteiger partial charge is 0.225 e. The zero-order chi connectivity index (χ0) is 8.84. The van der Waals surface area contributed by atoms with E-state index in [0.29, 0.717) is 0 Å². The highest BCUT2D eigenvalue weighted by atomic mass is 15.4. The number of aromatic amines is 1. The number of aromatic nitrogens is 4. The summed E-state index contributed by atoms with van der Waals surface area (Å²) in [5.74, 6) is 0. The summed E-state index contributed by atoms with van der Waals surface area (Å²) in [7, 11) is 0. The van der Waals surface area contributed by atoms with Gasteiger partial charge in [-0.15, -0.1) is 0 Å². The zero-order valence-electron chi connectivity index (χ0n) is 7.15. The van der Waals surface area contributed by atoms with Crippen LogP contribution in [-0.4, -0.2) is 19.8 Å². The van der Waals surface area contributed by atoms with Crippen LogP contribution in [0.2, 0.25) is 0 Å². The lowest BCUT2D eigenvalue weighted by atomic mass is 10.3. The average Bonchev–Trinajstić information content (AvgIpc) is 2.67. The fourth-order valence-corrected chi connectivity index (χ4v) is 1.54. The van der Waals surface area contributed by atoms with Crippen LogP contribution in [0.5, 0.6) is 0 Å². The Morgan fingerprint density at radius 1 is 1.31 bits per heavy atom. The number of nitrogens with zero attached hydrogens (tertiary/aromatic N) is 3. The van der Waals surface area contributed by atoms with Crippen LogP contribution in [0, 0.1) is 6.92 Å². The Hall–Kier alpha value is -1.84. The number of fused-ring (bicyclic) bond motifs is 3. The van der Waals surface area contributed by atoms with Crippen molar-refractivity contribution in [1.29, 1.82) is 0 Å². The standard InChI is InChI=1S/C9H8N4/c1-6-9-10-7-4-2-3-5-8(7)13(9)12-11-6/h2-5,12H,1H3. The SMILES string of the molecule is Cc1n[nH]n2c1nc1ccccc12. The van der Waals surface area contributed by atoms with Crippen molar-refractivity contribution in [3.05, 3.63) is 30.0 Å². The number of aryl methyl sites for hydroxylation is 1. The predicted octanol–water partition coefficient (Wildman–Crippen LogP) is 1.52. The molecule has 0 aliphatic heterocycles. The first-order valence-electron chi connectivity index (χ1n) is 4.14. The Morgan fingerprint density at radius 2 is 2.15 bits per heavy atom. The van der Waals surface area contributed by atoms with Crippen LogP contribution >= 0.6 is 0 Å². The summed E-state index contributed by atoms with van der Waals surface area (Å²) in [5.41, 5.74) is 3.90. The second kappa shape index (κ2) is 2.10. The maximum atomic E-state index is 4.44. The number of imidazole rings is 1. The maximum absolute atomic E-state index is 4.44. The fraction of sp³-hybridized carbons (Fsp3) is 0.111. The van der Waals surface area contributed by atoms with Crippen LogP contribution < -0.4 is 0 Å². The van der Waals surface area contributed by atoms with Gasteiger partial charge in [-0.05, 0) is 19.1 Å². The minimum absolute atomic E-state index is 0.904. The summed E-state index contributed by atoms with van der Waals surface area (Å²) in [6.45, 7) is 1.94. The smallest absolute Gasteiger partial charge is 0.177 e. The molecule has 0 atom stereocenters. The number of benzene rings is 1. The van der Waals surface area contributed by atoms with E-state index in [9.17, 15) is 0 Å². The lowest BCUT2D eigenvalue weighted by molar-refractivity contribution is 0.876.